The lowest BCUT2D eigenvalue weighted by Gasteiger charge is -2.33. The van der Waals surface area contributed by atoms with Crippen LogP contribution < -0.4 is 5.32 Å². The van der Waals surface area contributed by atoms with Gasteiger partial charge in [0, 0.05) is 17.6 Å². The lowest BCUT2D eigenvalue weighted by Crippen LogP contribution is -2.47. The number of nitrogens with one attached hydrogen (secondary N) is 1. The quantitative estimate of drug-likeness (QED) is 0.526. The van der Waals surface area contributed by atoms with E-state index in [-0.39, 0.29) is 5.92 Å². The molecule has 2 fully saturated rings. The van der Waals surface area contributed by atoms with Crippen molar-refractivity contribution in [2.24, 2.45) is 5.92 Å². The second-order valence-electron chi connectivity index (χ2n) is 9.32. The Kier molecular flexibility index (Phi) is 5.24. The third-order valence-corrected chi connectivity index (χ3v) is 6.48. The molecule has 0 amide bonds. The maximum Gasteiger partial charge on any atom is 0.167 e. The molecule has 2 saturated heterocycles. The van der Waals surface area contributed by atoms with E-state index in [1.54, 1.807) is 0 Å². The molecule has 4 N–H and O–H groups in total. The molecule has 11 nitrogen and oxygen atoms in total. The van der Waals surface area contributed by atoms with Crippen LogP contribution in [0.15, 0.2) is 12.7 Å². The molecule has 4 heterocycles. The van der Waals surface area contributed by atoms with Crippen molar-refractivity contribution in [1.82, 2.24) is 24.6 Å². The van der Waals surface area contributed by atoms with Gasteiger partial charge in [0.1, 0.15) is 24.6 Å². The molecule has 2 aromatic rings. The van der Waals surface area contributed by atoms with Crippen LogP contribution in [0.3, 0.4) is 0 Å². The number of nitrogens with zero attached hydrogens (tertiary/aromatic N) is 5. The highest BCUT2D eigenvalue weighted by Crippen LogP contribution is 2.43. The average molecular weight is 421 g/mol. The van der Waals surface area contributed by atoms with Gasteiger partial charge in [-0.05, 0) is 40.0 Å². The zero-order valence-electron chi connectivity index (χ0n) is 17.6. The normalized spacial score (nSPS) is 33.4. The summed E-state index contributed by atoms with van der Waals surface area (Å²) in [6.07, 6.45) is -0.642. The molecule has 0 saturated carbocycles. The zero-order chi connectivity index (χ0) is 21.8. The monoisotopic (exact) mass is 421 g/mol. The van der Waals surface area contributed by atoms with Crippen molar-refractivity contribution >= 4 is 17.0 Å². The summed E-state index contributed by atoms with van der Waals surface area (Å²) in [6, 6.07) is 0. The first-order valence-electron chi connectivity index (χ1n) is 10.1. The largest absolute Gasteiger partial charge is 0.394 e. The molecular weight excluding hydrogens is 392 g/mol. The Morgan fingerprint density at radius 2 is 1.93 bits per heavy atom. The van der Waals surface area contributed by atoms with Gasteiger partial charge in [-0.25, -0.2) is 15.0 Å². The summed E-state index contributed by atoms with van der Waals surface area (Å²) in [4.78, 5) is 12.9. The number of ether oxygens (including phenoxy) is 1. The molecule has 0 aromatic carbocycles. The molecule has 11 heteroatoms. The number of anilines is 1. The molecule has 0 bridgehead atoms. The van der Waals surface area contributed by atoms with Gasteiger partial charge < -0.3 is 25.4 Å². The molecule has 165 valence electrons. The third kappa shape index (κ3) is 3.26. The predicted octanol–water partition coefficient (Wildman–Crippen LogP) is 0.0743. The Morgan fingerprint density at radius 1 is 1.20 bits per heavy atom. The lowest BCUT2D eigenvalue weighted by atomic mass is 9.87. The predicted molar refractivity (Wildman–Crippen MR) is 106 cm³/mol. The van der Waals surface area contributed by atoms with Crippen LogP contribution >= 0.6 is 0 Å². The average Bonchev–Trinajstić information content (AvgIpc) is 3.30. The maximum absolute atomic E-state index is 12.6. The highest BCUT2D eigenvalue weighted by molar-refractivity contribution is 5.82. The van der Waals surface area contributed by atoms with Crippen LogP contribution in [0.1, 0.15) is 40.3 Å². The minimum Gasteiger partial charge on any atom is -0.394 e. The van der Waals surface area contributed by atoms with E-state index in [1.165, 1.54) is 22.3 Å². The maximum atomic E-state index is 12.6. The summed E-state index contributed by atoms with van der Waals surface area (Å²) in [7, 11) is 0. The minimum absolute atomic E-state index is 0.109. The van der Waals surface area contributed by atoms with E-state index < -0.39 is 42.2 Å². The highest BCUT2D eigenvalue weighted by Gasteiger charge is 2.52. The Morgan fingerprint density at radius 3 is 2.53 bits per heavy atom. The standard InChI is InChI=1S/C19H29N6O5/c1-18(2)5-10(19(3,4)25(18)29)6-20-15-12-16(22-8-21-15)24(9-23-12)17-14(28)13(27)11(7-26)30-17/h8-11,13-14,17,26-28H,5-7H2,1-4H3,(H,20,21,22)/t10?,11-,13-,14-,17-/m1/s1. The molecular formula is C19H29N6O5. The number of hydrogen-bond acceptors (Lipinski definition) is 9. The molecule has 2 aromatic heterocycles. The summed E-state index contributed by atoms with van der Waals surface area (Å²) in [5.41, 5.74) is -0.0272. The summed E-state index contributed by atoms with van der Waals surface area (Å²) >= 11 is 0. The van der Waals surface area contributed by atoms with Gasteiger partial charge in [-0.3, -0.25) is 4.57 Å². The van der Waals surface area contributed by atoms with Crippen LogP contribution in [0.2, 0.25) is 0 Å². The van der Waals surface area contributed by atoms with Gasteiger partial charge in [-0.2, -0.15) is 0 Å². The fraction of sp³-hybridized carbons (Fsp3) is 0.737. The number of hydrogen-bond donors (Lipinski definition) is 4. The van der Waals surface area contributed by atoms with Crippen LogP contribution in [0.25, 0.3) is 11.2 Å². The van der Waals surface area contributed by atoms with Crippen molar-refractivity contribution in [2.75, 3.05) is 18.5 Å². The molecule has 4 rings (SSSR count). The Labute approximate surface area is 174 Å². The van der Waals surface area contributed by atoms with E-state index in [9.17, 15) is 20.5 Å². The summed E-state index contributed by atoms with van der Waals surface area (Å²) in [6.45, 7) is 7.94. The third-order valence-electron chi connectivity index (χ3n) is 6.48. The van der Waals surface area contributed by atoms with E-state index in [1.807, 2.05) is 27.7 Å². The molecule has 30 heavy (non-hydrogen) atoms. The van der Waals surface area contributed by atoms with Gasteiger partial charge in [0.05, 0.1) is 12.9 Å². The van der Waals surface area contributed by atoms with Gasteiger partial charge in [-0.15, -0.1) is 10.3 Å². The topological polar surface area (TPSA) is 149 Å². The number of rotatable bonds is 5. The smallest absolute Gasteiger partial charge is 0.167 e. The molecule has 0 spiro atoms. The van der Waals surface area contributed by atoms with Crippen molar-refractivity contribution in [3.8, 4) is 0 Å². The fourth-order valence-electron chi connectivity index (χ4n) is 4.70. The number of imidazole rings is 1. The van der Waals surface area contributed by atoms with Crippen LogP contribution in [0, 0.1) is 5.92 Å². The van der Waals surface area contributed by atoms with Crippen LogP contribution in [0.5, 0.6) is 0 Å². The second-order valence-corrected chi connectivity index (χ2v) is 9.32. The van der Waals surface area contributed by atoms with Crippen LogP contribution in [-0.2, 0) is 9.94 Å². The highest BCUT2D eigenvalue weighted by atomic mass is 16.6. The summed E-state index contributed by atoms with van der Waals surface area (Å²) < 4.78 is 7.10. The van der Waals surface area contributed by atoms with Crippen molar-refractivity contribution in [1.29, 1.82) is 0 Å². The first kappa shape index (κ1) is 21.3. The summed E-state index contributed by atoms with van der Waals surface area (Å²) in [5.74, 6) is 0.626. The number of hydroxylamine groups is 2. The van der Waals surface area contributed by atoms with E-state index in [0.29, 0.717) is 23.5 Å². The van der Waals surface area contributed by atoms with Gasteiger partial charge in [0.2, 0.25) is 0 Å². The number of aliphatic hydroxyl groups is 3. The molecule has 2 aliphatic rings. The fourth-order valence-corrected chi connectivity index (χ4v) is 4.70. The summed E-state index contributed by atoms with van der Waals surface area (Å²) in [5, 5.41) is 46.7. The van der Waals surface area contributed by atoms with Gasteiger partial charge in [0.25, 0.3) is 0 Å². The number of aromatic nitrogens is 4. The van der Waals surface area contributed by atoms with Crippen molar-refractivity contribution in [3.63, 3.8) is 0 Å². The first-order valence-corrected chi connectivity index (χ1v) is 10.1. The van der Waals surface area contributed by atoms with Gasteiger partial charge in [0.15, 0.2) is 23.2 Å². The minimum atomic E-state index is -1.23. The van der Waals surface area contributed by atoms with E-state index in [4.69, 9.17) is 4.74 Å². The van der Waals surface area contributed by atoms with Gasteiger partial charge >= 0.3 is 0 Å². The molecule has 0 aliphatic carbocycles. The molecule has 2 aliphatic heterocycles. The van der Waals surface area contributed by atoms with E-state index in [0.717, 1.165) is 6.42 Å². The van der Waals surface area contributed by atoms with Crippen molar-refractivity contribution in [2.45, 2.75) is 69.7 Å². The van der Waals surface area contributed by atoms with Crippen LogP contribution in [-0.4, -0.2) is 82.4 Å². The number of fused-ring (bicyclic) bond motifs is 1. The van der Waals surface area contributed by atoms with E-state index >= 15 is 0 Å². The SMILES string of the molecule is CC1(C)CC(CNc2ncnc3c2ncn3[C@@H]2O[C@H](CO)[C@@H](O)[C@H]2O)C(C)(C)N1[O]. The van der Waals surface area contributed by atoms with Crippen LogP contribution in [0.4, 0.5) is 5.82 Å². The van der Waals surface area contributed by atoms with Crippen molar-refractivity contribution < 1.29 is 25.3 Å². The van der Waals surface area contributed by atoms with Gasteiger partial charge in [-0.1, -0.05) is 0 Å². The zero-order valence-corrected chi connectivity index (χ0v) is 17.6. The Hall–Kier alpha value is -1.89. The number of aliphatic hydroxyl groups excluding tert-OH is 3. The second kappa shape index (κ2) is 7.36. The van der Waals surface area contributed by atoms with E-state index in [2.05, 4.69) is 20.3 Å². The molecule has 5 atom stereocenters. The Bertz CT molecular complexity index is 918. The Balaban J connectivity index is 1.56. The lowest BCUT2D eigenvalue weighted by molar-refractivity contribution is -0.248. The molecule has 1 radical (unpaired) electrons. The molecule has 1 unspecified atom stereocenters. The first-order chi connectivity index (χ1) is 14.1. The van der Waals surface area contributed by atoms with Crippen molar-refractivity contribution in [3.05, 3.63) is 12.7 Å².